The average Bonchev–Trinajstić information content (AvgIpc) is 2.77. The van der Waals surface area contributed by atoms with Crippen LogP contribution in [0.3, 0.4) is 0 Å². The second-order valence-corrected chi connectivity index (χ2v) is 15.8. The largest absolute Gasteiger partial charge is 0.412 e. The van der Waals surface area contributed by atoms with Crippen molar-refractivity contribution in [3.63, 3.8) is 0 Å². The van der Waals surface area contributed by atoms with Gasteiger partial charge in [0.15, 0.2) is 14.1 Å². The van der Waals surface area contributed by atoms with Crippen molar-refractivity contribution in [2.45, 2.75) is 97.4 Å². The fourth-order valence-corrected chi connectivity index (χ4v) is 9.32. The molecule has 0 bridgehead atoms. The molecule has 3 saturated carbocycles. The van der Waals surface area contributed by atoms with Crippen LogP contribution >= 0.6 is 0 Å². The SMILES string of the molecule is CC12CCC(=O)C=C1CCC1C2CCC2(C)C1CC[C@@]2(C)O[Si](C)(C)C. The lowest BCUT2D eigenvalue weighted by atomic mass is 9.46. The van der Waals surface area contributed by atoms with Crippen molar-refractivity contribution in [2.75, 3.05) is 0 Å². The molecular weight excluding hydrogens is 336 g/mol. The van der Waals surface area contributed by atoms with Crippen molar-refractivity contribution < 1.29 is 9.22 Å². The van der Waals surface area contributed by atoms with E-state index in [1.165, 1.54) is 37.7 Å². The first kappa shape index (κ1) is 18.9. The molecular formula is C23H38O2Si. The van der Waals surface area contributed by atoms with Gasteiger partial charge in [0.2, 0.25) is 0 Å². The lowest BCUT2D eigenvalue weighted by Gasteiger charge is -2.60. The molecule has 3 heteroatoms. The van der Waals surface area contributed by atoms with Crippen LogP contribution in [0.1, 0.15) is 72.1 Å². The molecule has 0 aromatic carbocycles. The fraction of sp³-hybridized carbons (Fsp3) is 0.870. The maximum Gasteiger partial charge on any atom is 0.184 e. The highest BCUT2D eigenvalue weighted by atomic mass is 28.4. The Morgan fingerprint density at radius 1 is 0.962 bits per heavy atom. The lowest BCUT2D eigenvalue weighted by Crippen LogP contribution is -2.56. The molecule has 4 aliphatic rings. The number of allylic oxidation sites excluding steroid dienone is 1. The molecule has 0 heterocycles. The summed E-state index contributed by atoms with van der Waals surface area (Å²) in [6.07, 6.45) is 11.5. The molecule has 0 aromatic rings. The molecule has 3 fully saturated rings. The number of hydrogen-bond donors (Lipinski definition) is 0. The first-order chi connectivity index (χ1) is 12.0. The highest BCUT2D eigenvalue weighted by Gasteiger charge is 2.63. The van der Waals surface area contributed by atoms with Gasteiger partial charge in [-0.2, -0.15) is 0 Å². The molecule has 4 rings (SSSR count). The van der Waals surface area contributed by atoms with E-state index in [2.05, 4.69) is 40.4 Å². The van der Waals surface area contributed by atoms with E-state index in [-0.39, 0.29) is 11.0 Å². The highest BCUT2D eigenvalue weighted by molar-refractivity contribution is 6.69. The van der Waals surface area contributed by atoms with Crippen LogP contribution in [0, 0.1) is 28.6 Å². The van der Waals surface area contributed by atoms with E-state index in [4.69, 9.17) is 4.43 Å². The minimum atomic E-state index is -1.56. The van der Waals surface area contributed by atoms with E-state index in [0.717, 1.165) is 37.0 Å². The summed E-state index contributed by atoms with van der Waals surface area (Å²) in [6, 6.07) is 0. The molecule has 6 atom stereocenters. The van der Waals surface area contributed by atoms with E-state index in [1.807, 2.05) is 6.08 Å². The smallest absolute Gasteiger partial charge is 0.184 e. The molecule has 0 N–H and O–H groups in total. The van der Waals surface area contributed by atoms with Crippen molar-refractivity contribution in [2.24, 2.45) is 28.6 Å². The normalized spacial score (nSPS) is 48.5. The molecule has 0 amide bonds. The van der Waals surface area contributed by atoms with E-state index >= 15 is 0 Å². The molecule has 0 aliphatic heterocycles. The van der Waals surface area contributed by atoms with Gasteiger partial charge in [0.05, 0.1) is 5.60 Å². The van der Waals surface area contributed by atoms with Crippen LogP contribution in [0.4, 0.5) is 0 Å². The highest BCUT2D eigenvalue weighted by Crippen LogP contribution is 2.68. The predicted octanol–water partition coefficient (Wildman–Crippen LogP) is 6.13. The number of rotatable bonds is 2. The third-order valence-electron chi connectivity index (χ3n) is 9.02. The van der Waals surface area contributed by atoms with Crippen molar-refractivity contribution in [3.8, 4) is 0 Å². The Kier molecular flexibility index (Phi) is 4.22. The molecule has 0 spiro atoms. The molecule has 0 aromatic heterocycles. The standard InChI is InChI=1S/C23H38O2Si/c1-21-12-9-17(24)15-16(21)7-8-18-19(21)10-13-22(2)20(18)11-14-23(22,3)25-26(4,5)6/h15,18-20H,7-14H2,1-6H3/t18?,19?,20?,21?,22?,23-/m1/s1. The maximum absolute atomic E-state index is 12.0. The summed E-state index contributed by atoms with van der Waals surface area (Å²) in [5.41, 5.74) is 2.16. The van der Waals surface area contributed by atoms with Crippen molar-refractivity contribution in [1.29, 1.82) is 0 Å². The van der Waals surface area contributed by atoms with Gasteiger partial charge in [-0.15, -0.1) is 0 Å². The number of carbonyl (C=O) groups excluding carboxylic acids is 1. The van der Waals surface area contributed by atoms with Gasteiger partial charge in [-0.05, 0) is 106 Å². The summed E-state index contributed by atoms with van der Waals surface area (Å²) >= 11 is 0. The summed E-state index contributed by atoms with van der Waals surface area (Å²) in [5.74, 6) is 2.78. The van der Waals surface area contributed by atoms with Crippen molar-refractivity contribution >= 4 is 14.1 Å². The van der Waals surface area contributed by atoms with Gasteiger partial charge in [0.1, 0.15) is 0 Å². The van der Waals surface area contributed by atoms with Crippen LogP contribution in [0.5, 0.6) is 0 Å². The summed E-state index contributed by atoms with van der Waals surface area (Å²) in [7, 11) is -1.56. The Balaban J connectivity index is 1.64. The Bertz CT molecular complexity index is 647. The molecule has 0 radical (unpaired) electrons. The Labute approximate surface area is 161 Å². The lowest BCUT2D eigenvalue weighted by molar-refractivity contribution is -0.121. The van der Waals surface area contributed by atoms with Gasteiger partial charge in [0, 0.05) is 6.42 Å². The van der Waals surface area contributed by atoms with Crippen LogP contribution in [-0.2, 0) is 9.22 Å². The van der Waals surface area contributed by atoms with Crippen LogP contribution in [-0.4, -0.2) is 19.7 Å². The zero-order valence-corrected chi connectivity index (χ0v) is 18.8. The quantitative estimate of drug-likeness (QED) is 0.544. The molecule has 4 aliphatic carbocycles. The Hall–Kier alpha value is -0.413. The van der Waals surface area contributed by atoms with Crippen molar-refractivity contribution in [3.05, 3.63) is 11.6 Å². The topological polar surface area (TPSA) is 26.3 Å². The van der Waals surface area contributed by atoms with Gasteiger partial charge in [0.25, 0.3) is 0 Å². The molecule has 26 heavy (non-hydrogen) atoms. The van der Waals surface area contributed by atoms with Gasteiger partial charge >= 0.3 is 0 Å². The Morgan fingerprint density at radius 2 is 1.65 bits per heavy atom. The van der Waals surface area contributed by atoms with E-state index in [9.17, 15) is 4.79 Å². The predicted molar refractivity (Wildman–Crippen MR) is 110 cm³/mol. The fourth-order valence-electron chi connectivity index (χ4n) is 7.63. The number of hydrogen-bond acceptors (Lipinski definition) is 2. The zero-order valence-electron chi connectivity index (χ0n) is 17.8. The maximum atomic E-state index is 12.0. The molecule has 2 nitrogen and oxygen atoms in total. The zero-order chi connectivity index (χ0) is 19.0. The Morgan fingerprint density at radius 3 is 2.35 bits per heavy atom. The average molecular weight is 375 g/mol. The summed E-state index contributed by atoms with van der Waals surface area (Å²) in [5, 5.41) is 0. The monoisotopic (exact) mass is 374 g/mol. The first-order valence-electron chi connectivity index (χ1n) is 10.9. The first-order valence-corrected chi connectivity index (χ1v) is 14.3. The molecule has 146 valence electrons. The number of carbonyl (C=O) groups is 1. The molecule has 5 unspecified atom stereocenters. The van der Waals surface area contributed by atoms with E-state index < -0.39 is 8.32 Å². The summed E-state index contributed by atoms with van der Waals surface area (Å²) in [6.45, 7) is 14.5. The second-order valence-electron chi connectivity index (χ2n) is 11.4. The van der Waals surface area contributed by atoms with Crippen LogP contribution in [0.15, 0.2) is 11.6 Å². The minimum absolute atomic E-state index is 0.0622. The third-order valence-corrected chi connectivity index (χ3v) is 10.1. The van der Waals surface area contributed by atoms with E-state index in [1.54, 1.807) is 0 Å². The second kappa shape index (κ2) is 5.79. The summed E-state index contributed by atoms with van der Waals surface area (Å²) in [4.78, 5) is 12.0. The van der Waals surface area contributed by atoms with E-state index in [0.29, 0.717) is 11.2 Å². The van der Waals surface area contributed by atoms with Gasteiger partial charge in [-0.3, -0.25) is 4.79 Å². The summed E-state index contributed by atoms with van der Waals surface area (Å²) < 4.78 is 6.87. The van der Waals surface area contributed by atoms with Crippen LogP contribution in [0.2, 0.25) is 19.6 Å². The molecule has 0 saturated heterocycles. The van der Waals surface area contributed by atoms with Gasteiger partial charge < -0.3 is 4.43 Å². The minimum Gasteiger partial charge on any atom is -0.412 e. The van der Waals surface area contributed by atoms with Crippen LogP contribution < -0.4 is 0 Å². The van der Waals surface area contributed by atoms with Crippen LogP contribution in [0.25, 0.3) is 0 Å². The van der Waals surface area contributed by atoms with Gasteiger partial charge in [-0.1, -0.05) is 19.4 Å². The number of fused-ring (bicyclic) bond motifs is 5. The van der Waals surface area contributed by atoms with Gasteiger partial charge in [-0.25, -0.2) is 0 Å². The third kappa shape index (κ3) is 2.63. The van der Waals surface area contributed by atoms with Crippen molar-refractivity contribution in [1.82, 2.24) is 0 Å². The number of ketones is 1.